The van der Waals surface area contributed by atoms with Crippen LogP contribution in [0.5, 0.6) is 0 Å². The van der Waals surface area contributed by atoms with E-state index in [1.165, 1.54) is 0 Å². The largest absolute Gasteiger partial charge is 0.282 e. The van der Waals surface area contributed by atoms with E-state index in [2.05, 4.69) is 0 Å². The van der Waals surface area contributed by atoms with E-state index in [0.717, 1.165) is 0 Å². The molecule has 1 rings (SSSR count). The standard InChI is InChI=1S/C10H12O3S/c1-2-10(11)14(12,13)8-9-6-4-3-5-7-9/h3-7H,2,8H2,1H3. The quantitative estimate of drug-likeness (QED) is 0.763. The second-order valence-corrected chi connectivity index (χ2v) is 4.94. The lowest BCUT2D eigenvalue weighted by molar-refractivity contribution is -0.111. The molecule has 0 radical (unpaired) electrons. The van der Waals surface area contributed by atoms with E-state index in [9.17, 15) is 13.2 Å². The molecule has 0 atom stereocenters. The van der Waals surface area contributed by atoms with Gasteiger partial charge in [0.25, 0.3) is 0 Å². The van der Waals surface area contributed by atoms with Crippen LogP contribution in [0.4, 0.5) is 0 Å². The molecule has 0 heterocycles. The summed E-state index contributed by atoms with van der Waals surface area (Å²) in [4.78, 5) is 11.0. The average Bonchev–Trinajstić information content (AvgIpc) is 2.17. The minimum absolute atomic E-state index is 0.0369. The van der Waals surface area contributed by atoms with Gasteiger partial charge >= 0.3 is 0 Å². The zero-order chi connectivity index (χ0) is 10.6. The van der Waals surface area contributed by atoms with Crippen LogP contribution in [0.2, 0.25) is 0 Å². The number of benzene rings is 1. The third-order valence-electron chi connectivity index (χ3n) is 1.84. The first-order valence-corrected chi connectivity index (χ1v) is 6.01. The van der Waals surface area contributed by atoms with Gasteiger partial charge in [0.05, 0.1) is 5.75 Å². The molecule has 0 fully saturated rings. The number of hydrogen-bond donors (Lipinski definition) is 0. The molecule has 0 saturated carbocycles. The van der Waals surface area contributed by atoms with Crippen molar-refractivity contribution in [2.24, 2.45) is 0 Å². The molecule has 4 heteroatoms. The van der Waals surface area contributed by atoms with Crippen LogP contribution in [0.1, 0.15) is 18.9 Å². The summed E-state index contributed by atoms with van der Waals surface area (Å²) in [5.74, 6) is -0.194. The molecular weight excluding hydrogens is 200 g/mol. The van der Waals surface area contributed by atoms with E-state index in [0.29, 0.717) is 5.56 Å². The van der Waals surface area contributed by atoms with E-state index in [-0.39, 0.29) is 12.2 Å². The van der Waals surface area contributed by atoms with Crippen molar-refractivity contribution in [3.8, 4) is 0 Å². The van der Waals surface area contributed by atoms with Gasteiger partial charge in [0.1, 0.15) is 0 Å². The van der Waals surface area contributed by atoms with Crippen molar-refractivity contribution in [2.75, 3.05) is 0 Å². The number of hydrogen-bond acceptors (Lipinski definition) is 3. The van der Waals surface area contributed by atoms with Crippen molar-refractivity contribution < 1.29 is 13.2 Å². The highest BCUT2D eigenvalue weighted by molar-refractivity contribution is 8.05. The van der Waals surface area contributed by atoms with Crippen LogP contribution in [0.15, 0.2) is 30.3 Å². The normalized spacial score (nSPS) is 11.2. The summed E-state index contributed by atoms with van der Waals surface area (Å²) in [5.41, 5.74) is 0.648. The van der Waals surface area contributed by atoms with Crippen LogP contribution in [-0.2, 0) is 20.4 Å². The van der Waals surface area contributed by atoms with Crippen molar-refractivity contribution >= 4 is 15.0 Å². The van der Waals surface area contributed by atoms with Crippen LogP contribution < -0.4 is 0 Å². The molecule has 0 aromatic heterocycles. The molecule has 0 spiro atoms. The molecule has 0 N–H and O–H groups in total. The minimum Gasteiger partial charge on any atom is -0.282 e. The smallest absolute Gasteiger partial charge is 0.246 e. The first kappa shape index (κ1) is 10.9. The molecule has 0 aliphatic heterocycles. The summed E-state index contributed by atoms with van der Waals surface area (Å²) >= 11 is 0. The van der Waals surface area contributed by atoms with E-state index >= 15 is 0 Å². The summed E-state index contributed by atoms with van der Waals surface area (Å²) < 4.78 is 22.8. The fourth-order valence-electron chi connectivity index (χ4n) is 1.09. The highest BCUT2D eigenvalue weighted by atomic mass is 32.2. The maximum absolute atomic E-state index is 11.4. The zero-order valence-electron chi connectivity index (χ0n) is 7.93. The Morgan fingerprint density at radius 3 is 2.29 bits per heavy atom. The lowest BCUT2D eigenvalue weighted by Crippen LogP contribution is -2.15. The van der Waals surface area contributed by atoms with Crippen molar-refractivity contribution in [1.82, 2.24) is 0 Å². The van der Waals surface area contributed by atoms with Gasteiger partial charge in [-0.2, -0.15) is 0 Å². The monoisotopic (exact) mass is 212 g/mol. The summed E-state index contributed by atoms with van der Waals surface area (Å²) in [6.45, 7) is 1.55. The molecule has 1 aromatic rings. The fourth-order valence-corrected chi connectivity index (χ4v) is 2.33. The van der Waals surface area contributed by atoms with Gasteiger partial charge < -0.3 is 0 Å². The zero-order valence-corrected chi connectivity index (χ0v) is 8.75. The van der Waals surface area contributed by atoms with Gasteiger partial charge in [0.2, 0.25) is 15.0 Å². The maximum Gasteiger partial charge on any atom is 0.246 e. The lowest BCUT2D eigenvalue weighted by atomic mass is 10.2. The van der Waals surface area contributed by atoms with Gasteiger partial charge in [-0.3, -0.25) is 4.79 Å². The van der Waals surface area contributed by atoms with Crippen molar-refractivity contribution in [3.05, 3.63) is 35.9 Å². The molecule has 0 bridgehead atoms. The molecule has 14 heavy (non-hydrogen) atoms. The lowest BCUT2D eigenvalue weighted by Gasteiger charge is -2.00. The Balaban J connectivity index is 2.85. The molecular formula is C10H12O3S. The van der Waals surface area contributed by atoms with Crippen molar-refractivity contribution in [2.45, 2.75) is 19.1 Å². The summed E-state index contributed by atoms with van der Waals surface area (Å²) in [6.07, 6.45) is 0.0369. The maximum atomic E-state index is 11.4. The number of carbonyl (C=O) groups is 1. The van der Waals surface area contributed by atoms with Crippen molar-refractivity contribution in [3.63, 3.8) is 0 Å². The van der Waals surface area contributed by atoms with Crippen LogP contribution in [0.3, 0.4) is 0 Å². The highest BCUT2D eigenvalue weighted by Gasteiger charge is 2.19. The van der Waals surface area contributed by atoms with Crippen molar-refractivity contribution in [1.29, 1.82) is 0 Å². The first-order valence-electron chi connectivity index (χ1n) is 4.36. The third-order valence-corrected chi connectivity index (χ3v) is 3.53. The number of sulfone groups is 1. The number of carbonyl (C=O) groups excluding carboxylic acids is 1. The Morgan fingerprint density at radius 2 is 1.79 bits per heavy atom. The van der Waals surface area contributed by atoms with Gasteiger partial charge in [-0.15, -0.1) is 0 Å². The van der Waals surface area contributed by atoms with Crippen LogP contribution >= 0.6 is 0 Å². The van der Waals surface area contributed by atoms with Crippen LogP contribution in [-0.4, -0.2) is 13.5 Å². The Hall–Kier alpha value is -1.16. The molecule has 0 saturated heterocycles. The van der Waals surface area contributed by atoms with Gasteiger partial charge in [-0.25, -0.2) is 8.42 Å². The predicted molar refractivity (Wildman–Crippen MR) is 54.4 cm³/mol. The summed E-state index contributed by atoms with van der Waals surface area (Å²) in [6, 6.07) is 8.70. The minimum atomic E-state index is -3.60. The predicted octanol–water partition coefficient (Wildman–Crippen LogP) is 1.54. The molecule has 0 unspecified atom stereocenters. The summed E-state index contributed by atoms with van der Waals surface area (Å²) in [7, 11) is -3.60. The molecule has 0 aliphatic rings. The van der Waals surface area contributed by atoms with Gasteiger partial charge in [0, 0.05) is 6.42 Å². The molecule has 76 valence electrons. The Morgan fingerprint density at radius 1 is 1.21 bits per heavy atom. The van der Waals surface area contributed by atoms with Gasteiger partial charge in [0.15, 0.2) is 0 Å². The second-order valence-electron chi connectivity index (χ2n) is 2.97. The molecule has 1 aromatic carbocycles. The first-order chi connectivity index (χ1) is 6.56. The number of rotatable bonds is 3. The van der Waals surface area contributed by atoms with E-state index in [4.69, 9.17) is 0 Å². The Labute approximate surface area is 83.7 Å². The summed E-state index contributed by atoms with van der Waals surface area (Å²) in [5, 5.41) is -0.693. The fraction of sp³-hybridized carbons (Fsp3) is 0.300. The van der Waals surface area contributed by atoms with Gasteiger partial charge in [-0.05, 0) is 5.56 Å². The Kier molecular flexibility index (Phi) is 3.41. The van der Waals surface area contributed by atoms with E-state index in [1.807, 2.05) is 0 Å². The average molecular weight is 212 g/mol. The third kappa shape index (κ3) is 2.67. The van der Waals surface area contributed by atoms with Gasteiger partial charge in [-0.1, -0.05) is 37.3 Å². The van der Waals surface area contributed by atoms with Crippen LogP contribution in [0, 0.1) is 0 Å². The molecule has 0 aliphatic carbocycles. The molecule has 0 amide bonds. The van der Waals surface area contributed by atoms with E-state index in [1.54, 1.807) is 37.3 Å². The topological polar surface area (TPSA) is 51.2 Å². The SMILES string of the molecule is CCC(=O)S(=O)(=O)Cc1ccccc1. The highest BCUT2D eigenvalue weighted by Crippen LogP contribution is 2.07. The second kappa shape index (κ2) is 4.37. The molecule has 3 nitrogen and oxygen atoms in total. The van der Waals surface area contributed by atoms with Crippen LogP contribution in [0.25, 0.3) is 0 Å². The van der Waals surface area contributed by atoms with E-state index < -0.39 is 15.0 Å². The Bertz CT molecular complexity index is 406.